The first-order valence-electron chi connectivity index (χ1n) is 8.36. The Morgan fingerprint density at radius 3 is 3.00 bits per heavy atom. The quantitative estimate of drug-likeness (QED) is 0.875. The number of hydrogen-bond acceptors (Lipinski definition) is 3. The summed E-state index contributed by atoms with van der Waals surface area (Å²) in [4.78, 5) is 14.5. The number of halogens is 1. The second-order valence-electron chi connectivity index (χ2n) is 6.26. The lowest BCUT2D eigenvalue weighted by atomic mass is 10.1. The van der Waals surface area contributed by atoms with Crippen LogP contribution in [0.4, 0.5) is 0 Å². The maximum absolute atomic E-state index is 12.1. The van der Waals surface area contributed by atoms with Crippen LogP contribution in [0.2, 0.25) is 5.02 Å². The average Bonchev–Trinajstić information content (AvgIpc) is 3.20. The number of nitrogens with one attached hydrogen (secondary N) is 1. The molecule has 1 saturated heterocycles. The molecule has 5 nitrogen and oxygen atoms in total. The standard InChI is InChI=1S/C18H23ClN4O/c1-22-13-15(12-21-22)17-7-4-9-23(17)10-8-18(24)20-11-14-5-2-3-6-16(14)19/h2-3,5-6,12-13,17H,4,7-11H2,1H3,(H,20,24). The van der Waals surface area contributed by atoms with E-state index in [1.807, 2.05) is 42.2 Å². The first kappa shape index (κ1) is 17.0. The first-order valence-corrected chi connectivity index (χ1v) is 8.74. The number of rotatable bonds is 6. The molecule has 0 aliphatic carbocycles. The number of aryl methyl sites for hydroxylation is 1. The van der Waals surface area contributed by atoms with E-state index in [4.69, 9.17) is 11.6 Å². The molecule has 1 aromatic carbocycles. The second kappa shape index (κ2) is 7.81. The predicted octanol–water partition coefficient (Wildman–Crippen LogP) is 2.92. The molecule has 0 radical (unpaired) electrons. The lowest BCUT2D eigenvalue weighted by Gasteiger charge is -2.23. The topological polar surface area (TPSA) is 50.2 Å². The molecule has 128 valence electrons. The minimum atomic E-state index is 0.0618. The molecule has 2 heterocycles. The highest BCUT2D eigenvalue weighted by atomic mass is 35.5. The van der Waals surface area contributed by atoms with Crippen LogP contribution in [0.15, 0.2) is 36.7 Å². The summed E-state index contributed by atoms with van der Waals surface area (Å²) < 4.78 is 1.84. The summed E-state index contributed by atoms with van der Waals surface area (Å²) >= 11 is 6.11. The predicted molar refractivity (Wildman–Crippen MR) is 94.7 cm³/mol. The number of carbonyl (C=O) groups excluding carboxylic acids is 1. The van der Waals surface area contributed by atoms with Crippen molar-refractivity contribution in [3.05, 3.63) is 52.8 Å². The third kappa shape index (κ3) is 4.16. The number of aromatic nitrogens is 2. The summed E-state index contributed by atoms with van der Waals surface area (Å²) in [6.45, 7) is 2.29. The van der Waals surface area contributed by atoms with Gasteiger partial charge >= 0.3 is 0 Å². The van der Waals surface area contributed by atoms with Gasteiger partial charge in [0, 0.05) is 49.4 Å². The molecule has 1 aromatic heterocycles. The van der Waals surface area contributed by atoms with Crippen LogP contribution in [0.1, 0.15) is 36.4 Å². The molecule has 1 fully saturated rings. The van der Waals surface area contributed by atoms with Crippen molar-refractivity contribution in [2.75, 3.05) is 13.1 Å². The zero-order chi connectivity index (χ0) is 16.9. The first-order chi connectivity index (χ1) is 11.6. The van der Waals surface area contributed by atoms with Crippen LogP contribution in [-0.4, -0.2) is 33.7 Å². The van der Waals surface area contributed by atoms with Crippen molar-refractivity contribution < 1.29 is 4.79 Å². The molecular weight excluding hydrogens is 324 g/mol. The van der Waals surface area contributed by atoms with E-state index < -0.39 is 0 Å². The number of amides is 1. The molecular formula is C18H23ClN4O. The Morgan fingerprint density at radius 2 is 2.25 bits per heavy atom. The van der Waals surface area contributed by atoms with Crippen molar-refractivity contribution in [1.82, 2.24) is 20.0 Å². The Labute approximate surface area is 147 Å². The third-order valence-electron chi connectivity index (χ3n) is 4.53. The van der Waals surface area contributed by atoms with Gasteiger partial charge in [0.05, 0.1) is 6.20 Å². The van der Waals surface area contributed by atoms with E-state index in [0.717, 1.165) is 25.1 Å². The highest BCUT2D eigenvalue weighted by molar-refractivity contribution is 6.31. The SMILES string of the molecule is Cn1cc(C2CCCN2CCC(=O)NCc2ccccc2Cl)cn1. The summed E-state index contributed by atoms with van der Waals surface area (Å²) in [7, 11) is 1.94. The van der Waals surface area contributed by atoms with Gasteiger partial charge in [0.1, 0.15) is 0 Å². The monoisotopic (exact) mass is 346 g/mol. The molecule has 1 aliphatic heterocycles. The van der Waals surface area contributed by atoms with Crippen LogP contribution in [-0.2, 0) is 18.4 Å². The number of carbonyl (C=O) groups is 1. The summed E-state index contributed by atoms with van der Waals surface area (Å²) in [6.07, 6.45) is 6.80. The normalized spacial score (nSPS) is 18.0. The van der Waals surface area contributed by atoms with E-state index >= 15 is 0 Å². The van der Waals surface area contributed by atoms with Crippen LogP contribution in [0.5, 0.6) is 0 Å². The Balaban J connectivity index is 1.48. The number of nitrogens with zero attached hydrogens (tertiary/aromatic N) is 3. The van der Waals surface area contributed by atoms with Crippen molar-refractivity contribution in [1.29, 1.82) is 0 Å². The number of hydrogen-bond donors (Lipinski definition) is 1. The summed E-state index contributed by atoms with van der Waals surface area (Å²) in [5, 5.41) is 7.91. The fourth-order valence-corrected chi connectivity index (χ4v) is 3.46. The minimum absolute atomic E-state index is 0.0618. The maximum atomic E-state index is 12.1. The van der Waals surface area contributed by atoms with Crippen LogP contribution in [0.25, 0.3) is 0 Å². The molecule has 1 unspecified atom stereocenters. The van der Waals surface area contributed by atoms with Gasteiger partial charge in [0.25, 0.3) is 0 Å². The van der Waals surface area contributed by atoms with E-state index in [0.29, 0.717) is 24.0 Å². The molecule has 24 heavy (non-hydrogen) atoms. The second-order valence-corrected chi connectivity index (χ2v) is 6.67. The maximum Gasteiger partial charge on any atom is 0.221 e. The van der Waals surface area contributed by atoms with Crippen LogP contribution in [0, 0.1) is 0 Å². The van der Waals surface area contributed by atoms with Gasteiger partial charge in [-0.15, -0.1) is 0 Å². The van der Waals surface area contributed by atoms with E-state index in [-0.39, 0.29) is 5.91 Å². The van der Waals surface area contributed by atoms with Crippen molar-refractivity contribution in [2.24, 2.45) is 7.05 Å². The third-order valence-corrected chi connectivity index (χ3v) is 4.90. The molecule has 6 heteroatoms. The van der Waals surface area contributed by atoms with Crippen LogP contribution >= 0.6 is 11.6 Å². The van der Waals surface area contributed by atoms with Crippen molar-refractivity contribution >= 4 is 17.5 Å². The average molecular weight is 347 g/mol. The lowest BCUT2D eigenvalue weighted by Crippen LogP contribution is -2.30. The minimum Gasteiger partial charge on any atom is -0.352 e. The molecule has 1 atom stereocenters. The van der Waals surface area contributed by atoms with E-state index in [9.17, 15) is 4.79 Å². The molecule has 0 bridgehead atoms. The molecule has 2 aromatic rings. The fraction of sp³-hybridized carbons (Fsp3) is 0.444. The molecule has 0 saturated carbocycles. The highest BCUT2D eigenvalue weighted by Crippen LogP contribution is 2.31. The van der Waals surface area contributed by atoms with E-state index in [2.05, 4.69) is 21.5 Å². The summed E-state index contributed by atoms with van der Waals surface area (Å²) in [6, 6.07) is 7.97. The van der Waals surface area contributed by atoms with Gasteiger partial charge in [-0.05, 0) is 31.0 Å². The smallest absolute Gasteiger partial charge is 0.221 e. The summed E-state index contributed by atoms with van der Waals surface area (Å²) in [5.41, 5.74) is 2.19. The van der Waals surface area contributed by atoms with Gasteiger partial charge in [0.15, 0.2) is 0 Å². The zero-order valence-electron chi connectivity index (χ0n) is 13.9. The van der Waals surface area contributed by atoms with Crippen molar-refractivity contribution in [2.45, 2.75) is 31.8 Å². The van der Waals surface area contributed by atoms with Gasteiger partial charge in [-0.1, -0.05) is 29.8 Å². The van der Waals surface area contributed by atoms with Crippen molar-refractivity contribution in [3.63, 3.8) is 0 Å². The molecule has 1 aliphatic rings. The Kier molecular flexibility index (Phi) is 5.53. The summed E-state index contributed by atoms with van der Waals surface area (Å²) in [5.74, 6) is 0.0618. The van der Waals surface area contributed by atoms with Gasteiger partial charge in [-0.3, -0.25) is 14.4 Å². The van der Waals surface area contributed by atoms with Gasteiger partial charge in [0.2, 0.25) is 5.91 Å². The van der Waals surface area contributed by atoms with Gasteiger partial charge in [-0.25, -0.2) is 0 Å². The highest BCUT2D eigenvalue weighted by Gasteiger charge is 2.26. The van der Waals surface area contributed by atoms with Crippen LogP contribution in [0.3, 0.4) is 0 Å². The Morgan fingerprint density at radius 1 is 1.42 bits per heavy atom. The molecule has 0 spiro atoms. The molecule has 1 N–H and O–H groups in total. The molecule has 3 rings (SSSR count). The number of benzene rings is 1. The van der Waals surface area contributed by atoms with E-state index in [1.54, 1.807) is 0 Å². The fourth-order valence-electron chi connectivity index (χ4n) is 3.25. The molecule has 1 amide bonds. The van der Waals surface area contributed by atoms with Gasteiger partial charge in [-0.2, -0.15) is 5.10 Å². The Bertz CT molecular complexity index is 700. The number of likely N-dealkylation sites (tertiary alicyclic amines) is 1. The van der Waals surface area contributed by atoms with Crippen LogP contribution < -0.4 is 5.32 Å². The van der Waals surface area contributed by atoms with Gasteiger partial charge < -0.3 is 5.32 Å². The lowest BCUT2D eigenvalue weighted by molar-refractivity contribution is -0.121. The Hall–Kier alpha value is -1.85. The zero-order valence-corrected chi connectivity index (χ0v) is 14.7. The van der Waals surface area contributed by atoms with Crippen molar-refractivity contribution in [3.8, 4) is 0 Å². The van der Waals surface area contributed by atoms with E-state index in [1.165, 1.54) is 12.0 Å². The largest absolute Gasteiger partial charge is 0.352 e.